The molecule has 0 unspecified atom stereocenters. The Morgan fingerprint density at radius 3 is 2.60 bits per heavy atom. The fourth-order valence-electron chi connectivity index (χ4n) is 4.64. The van der Waals surface area contributed by atoms with Crippen molar-refractivity contribution in [1.29, 1.82) is 0 Å². The highest BCUT2D eigenvalue weighted by Gasteiger charge is 2.39. The molecule has 0 spiro atoms. The van der Waals surface area contributed by atoms with Crippen LogP contribution in [0.2, 0.25) is 0 Å². The van der Waals surface area contributed by atoms with Crippen LogP contribution in [0.25, 0.3) is 0 Å². The van der Waals surface area contributed by atoms with Gasteiger partial charge in [-0.25, -0.2) is 4.79 Å². The Labute approximate surface area is 207 Å². The van der Waals surface area contributed by atoms with Gasteiger partial charge in [0.05, 0.1) is 18.8 Å². The average molecular weight is 476 g/mol. The molecule has 0 fully saturated rings. The van der Waals surface area contributed by atoms with Crippen LogP contribution in [0.15, 0.2) is 71.1 Å². The van der Waals surface area contributed by atoms with E-state index in [1.165, 1.54) is 0 Å². The van der Waals surface area contributed by atoms with Crippen LogP contribution in [0.3, 0.4) is 0 Å². The average Bonchev–Trinajstić information content (AvgIpc) is 2.87. The van der Waals surface area contributed by atoms with Gasteiger partial charge >= 0.3 is 5.97 Å². The number of hydrogen-bond donors (Lipinski definition) is 1. The summed E-state index contributed by atoms with van der Waals surface area (Å²) in [7, 11) is 1.60. The first-order valence-electron chi connectivity index (χ1n) is 12.2. The van der Waals surface area contributed by atoms with Crippen molar-refractivity contribution in [3.63, 3.8) is 0 Å². The molecule has 6 heteroatoms. The molecule has 1 aliphatic heterocycles. The number of carbonyl (C=O) groups excluding carboxylic acids is 2. The zero-order valence-electron chi connectivity index (χ0n) is 20.9. The van der Waals surface area contributed by atoms with E-state index in [4.69, 9.17) is 14.2 Å². The van der Waals surface area contributed by atoms with Crippen LogP contribution in [0, 0.1) is 0 Å². The van der Waals surface area contributed by atoms with Crippen LogP contribution in [0.4, 0.5) is 0 Å². The number of nitrogens with one attached hydrogen (secondary N) is 1. The summed E-state index contributed by atoms with van der Waals surface area (Å²) in [4.78, 5) is 26.5. The molecule has 0 amide bonds. The van der Waals surface area contributed by atoms with Crippen molar-refractivity contribution >= 4 is 11.8 Å². The van der Waals surface area contributed by atoms with Crippen molar-refractivity contribution in [3.05, 3.63) is 82.2 Å². The first-order valence-corrected chi connectivity index (χ1v) is 12.2. The molecule has 1 heterocycles. The molecule has 2 aromatic rings. The van der Waals surface area contributed by atoms with Gasteiger partial charge < -0.3 is 19.5 Å². The van der Waals surface area contributed by atoms with E-state index in [0.29, 0.717) is 42.1 Å². The highest BCUT2D eigenvalue weighted by molar-refractivity contribution is 6.03. The van der Waals surface area contributed by atoms with Gasteiger partial charge in [-0.3, -0.25) is 4.79 Å². The molecule has 0 saturated heterocycles. The predicted octanol–water partition coefficient (Wildman–Crippen LogP) is 5.58. The van der Waals surface area contributed by atoms with Crippen LogP contribution in [0.1, 0.15) is 63.5 Å². The van der Waals surface area contributed by atoms with Crippen molar-refractivity contribution in [2.75, 3.05) is 7.11 Å². The molecule has 184 valence electrons. The summed E-state index contributed by atoms with van der Waals surface area (Å²) >= 11 is 0. The summed E-state index contributed by atoms with van der Waals surface area (Å²) in [5, 5.41) is 3.34. The van der Waals surface area contributed by atoms with Crippen LogP contribution in [0.5, 0.6) is 11.5 Å². The van der Waals surface area contributed by atoms with Crippen LogP contribution in [-0.4, -0.2) is 25.0 Å². The monoisotopic (exact) mass is 475 g/mol. The number of esters is 1. The third-order valence-corrected chi connectivity index (χ3v) is 6.64. The topological polar surface area (TPSA) is 73.9 Å². The van der Waals surface area contributed by atoms with Crippen molar-refractivity contribution < 1.29 is 23.8 Å². The Morgan fingerprint density at radius 1 is 1.11 bits per heavy atom. The quantitative estimate of drug-likeness (QED) is 0.502. The summed E-state index contributed by atoms with van der Waals surface area (Å²) in [6, 6.07) is 15.5. The first kappa shape index (κ1) is 24.6. The van der Waals surface area contributed by atoms with Crippen molar-refractivity contribution in [2.45, 2.75) is 65.1 Å². The van der Waals surface area contributed by atoms with Crippen LogP contribution in [-0.2, 0) is 20.9 Å². The number of ketones is 1. The van der Waals surface area contributed by atoms with Gasteiger partial charge in [-0.2, -0.15) is 0 Å². The summed E-state index contributed by atoms with van der Waals surface area (Å²) in [5.74, 6) is 0.285. The lowest BCUT2D eigenvalue weighted by molar-refractivity contribution is -0.144. The largest absolute Gasteiger partial charge is 0.493 e. The number of rotatable bonds is 8. The fourth-order valence-corrected chi connectivity index (χ4v) is 4.64. The Kier molecular flexibility index (Phi) is 7.59. The Hall–Kier alpha value is -3.54. The second-order valence-corrected chi connectivity index (χ2v) is 9.07. The Balaban J connectivity index is 1.76. The highest BCUT2D eigenvalue weighted by Crippen LogP contribution is 2.44. The maximum Gasteiger partial charge on any atom is 0.337 e. The third-order valence-electron chi connectivity index (χ3n) is 6.64. The Bertz CT molecular complexity index is 1160. The summed E-state index contributed by atoms with van der Waals surface area (Å²) in [6.45, 7) is 6.09. The van der Waals surface area contributed by atoms with Crippen molar-refractivity contribution in [1.82, 2.24) is 5.32 Å². The van der Waals surface area contributed by atoms with E-state index in [2.05, 4.69) is 5.32 Å². The standard InChI is InChI=1S/C29H33NO5/c1-5-18(2)35-29(32)26-19(3)30-22-12-9-13-23(31)28(22)27(26)21-14-15-24(33-4)25(16-21)34-17-20-10-7-6-8-11-20/h6-8,10-11,14-16,18,27,30H,5,9,12-13,17H2,1-4H3/t18-,27+/m1/s1. The van der Waals surface area contributed by atoms with Crippen molar-refractivity contribution in [2.24, 2.45) is 0 Å². The zero-order chi connectivity index (χ0) is 24.9. The molecule has 2 atom stereocenters. The summed E-state index contributed by atoms with van der Waals surface area (Å²) in [5.41, 5.74) is 4.57. The summed E-state index contributed by atoms with van der Waals surface area (Å²) < 4.78 is 17.4. The number of ether oxygens (including phenoxy) is 3. The molecule has 1 aliphatic carbocycles. The molecule has 6 nitrogen and oxygen atoms in total. The van der Waals surface area contributed by atoms with Gasteiger partial charge in [0.1, 0.15) is 6.61 Å². The van der Waals surface area contributed by atoms with E-state index >= 15 is 0 Å². The lowest BCUT2D eigenvalue weighted by atomic mass is 9.75. The van der Waals surface area contributed by atoms with Crippen LogP contribution < -0.4 is 14.8 Å². The highest BCUT2D eigenvalue weighted by atomic mass is 16.5. The molecule has 35 heavy (non-hydrogen) atoms. The van der Waals surface area contributed by atoms with E-state index in [9.17, 15) is 9.59 Å². The van der Waals surface area contributed by atoms with Gasteiger partial charge in [-0.15, -0.1) is 0 Å². The van der Waals surface area contributed by atoms with Gasteiger partial charge in [-0.1, -0.05) is 43.3 Å². The number of allylic oxidation sites excluding steroid dienone is 3. The lowest BCUT2D eigenvalue weighted by Gasteiger charge is -2.34. The van der Waals surface area contributed by atoms with E-state index < -0.39 is 11.9 Å². The number of Topliss-reactive ketones (excluding diaryl/α,β-unsaturated/α-hetero) is 1. The lowest BCUT2D eigenvalue weighted by Crippen LogP contribution is -2.35. The minimum Gasteiger partial charge on any atom is -0.493 e. The van der Waals surface area contributed by atoms with Crippen LogP contribution >= 0.6 is 0 Å². The number of carbonyl (C=O) groups is 2. The Morgan fingerprint density at radius 2 is 1.89 bits per heavy atom. The molecule has 0 saturated carbocycles. The number of dihydropyridines is 1. The normalized spacial score (nSPS) is 18.5. The minimum absolute atomic E-state index is 0.0626. The SMILES string of the molecule is CC[C@@H](C)OC(=O)C1=C(C)NC2=C(C(=O)CCC2)[C@H]1c1ccc(OC)c(OCc2ccccc2)c1. The second-order valence-electron chi connectivity index (χ2n) is 9.07. The number of benzene rings is 2. The maximum absolute atomic E-state index is 13.4. The molecule has 2 aromatic carbocycles. The number of methoxy groups -OCH3 is 1. The van der Waals surface area contributed by atoms with E-state index in [-0.39, 0.29) is 11.9 Å². The zero-order valence-corrected chi connectivity index (χ0v) is 20.9. The molecule has 2 aliphatic rings. The third kappa shape index (κ3) is 5.26. The maximum atomic E-state index is 13.4. The molecule has 0 radical (unpaired) electrons. The smallest absolute Gasteiger partial charge is 0.337 e. The van der Waals surface area contributed by atoms with Gasteiger partial charge in [0, 0.05) is 29.3 Å². The molecule has 0 aromatic heterocycles. The molecule has 4 rings (SSSR count). The second kappa shape index (κ2) is 10.8. The van der Waals surface area contributed by atoms with Gasteiger partial charge in [0.25, 0.3) is 0 Å². The van der Waals surface area contributed by atoms with Crippen molar-refractivity contribution in [3.8, 4) is 11.5 Å². The minimum atomic E-state index is -0.527. The molecular weight excluding hydrogens is 442 g/mol. The fraction of sp³-hybridized carbons (Fsp3) is 0.379. The predicted molar refractivity (Wildman–Crippen MR) is 134 cm³/mol. The van der Waals surface area contributed by atoms with Gasteiger partial charge in [-0.05, 0) is 56.4 Å². The first-order chi connectivity index (χ1) is 16.9. The molecule has 0 bridgehead atoms. The van der Waals surface area contributed by atoms with E-state index in [1.54, 1.807) is 7.11 Å². The van der Waals surface area contributed by atoms with E-state index in [1.807, 2.05) is 69.3 Å². The molecular formula is C29H33NO5. The number of hydrogen-bond acceptors (Lipinski definition) is 6. The van der Waals surface area contributed by atoms with Gasteiger partial charge in [0.2, 0.25) is 0 Å². The van der Waals surface area contributed by atoms with Gasteiger partial charge in [0.15, 0.2) is 17.3 Å². The van der Waals surface area contributed by atoms with E-state index in [0.717, 1.165) is 35.4 Å². The molecule has 1 N–H and O–H groups in total. The summed E-state index contributed by atoms with van der Waals surface area (Å²) in [6.07, 6.45) is 2.53.